The minimum atomic E-state index is -3.64. The fourth-order valence-electron chi connectivity index (χ4n) is 4.90. The monoisotopic (exact) mass is 483 g/mol. The predicted molar refractivity (Wildman–Crippen MR) is 131 cm³/mol. The van der Waals surface area contributed by atoms with Crippen molar-refractivity contribution < 1.29 is 18.0 Å². The Balaban J connectivity index is 1.33. The number of nitrogens with one attached hydrogen (secondary N) is 1. The molecule has 2 aliphatic rings. The van der Waals surface area contributed by atoms with Gasteiger partial charge in [0.2, 0.25) is 15.9 Å². The van der Waals surface area contributed by atoms with Crippen molar-refractivity contribution in [1.29, 1.82) is 0 Å². The van der Waals surface area contributed by atoms with Crippen molar-refractivity contribution in [3.05, 3.63) is 65.7 Å². The third-order valence-corrected chi connectivity index (χ3v) is 8.87. The Labute approximate surface area is 202 Å². The zero-order valence-corrected chi connectivity index (χ0v) is 20.5. The molecule has 1 amide bonds. The summed E-state index contributed by atoms with van der Waals surface area (Å²) < 4.78 is 27.4. The highest BCUT2D eigenvalue weighted by molar-refractivity contribution is 7.89. The van der Waals surface area contributed by atoms with Gasteiger partial charge in [0.05, 0.1) is 10.9 Å². The maximum atomic E-state index is 13.0. The third-order valence-electron chi connectivity index (χ3n) is 6.96. The van der Waals surface area contributed by atoms with Crippen molar-refractivity contribution in [1.82, 2.24) is 14.5 Å². The van der Waals surface area contributed by atoms with Gasteiger partial charge < -0.3 is 5.32 Å². The lowest BCUT2D eigenvalue weighted by Crippen LogP contribution is -2.44. The van der Waals surface area contributed by atoms with Gasteiger partial charge in [-0.15, -0.1) is 0 Å². The van der Waals surface area contributed by atoms with Crippen molar-refractivity contribution in [2.24, 2.45) is 5.92 Å². The lowest BCUT2D eigenvalue weighted by atomic mass is 9.97. The van der Waals surface area contributed by atoms with Gasteiger partial charge in [-0.05, 0) is 63.4 Å². The van der Waals surface area contributed by atoms with E-state index in [0.717, 1.165) is 13.1 Å². The van der Waals surface area contributed by atoms with Crippen LogP contribution in [0.4, 0.5) is 0 Å². The van der Waals surface area contributed by atoms with Gasteiger partial charge in [0.15, 0.2) is 5.78 Å². The average Bonchev–Trinajstić information content (AvgIpc) is 3.39. The highest BCUT2D eigenvalue weighted by Gasteiger charge is 2.33. The number of likely N-dealkylation sites (tertiary alicyclic amines) is 1. The summed E-state index contributed by atoms with van der Waals surface area (Å²) in [6.07, 6.45) is 3.36. The third kappa shape index (κ3) is 5.56. The molecule has 1 atom stereocenters. The number of ketones is 1. The number of hydrogen-bond donors (Lipinski definition) is 1. The minimum absolute atomic E-state index is 0.00277. The summed E-state index contributed by atoms with van der Waals surface area (Å²) in [5.41, 5.74) is 1.69. The zero-order valence-electron chi connectivity index (χ0n) is 19.7. The van der Waals surface area contributed by atoms with Gasteiger partial charge in [0.25, 0.3) is 0 Å². The largest absolute Gasteiger partial charge is 0.354 e. The average molecular weight is 484 g/mol. The molecule has 0 bridgehead atoms. The predicted octanol–water partition coefficient (Wildman–Crippen LogP) is 3.24. The zero-order chi connectivity index (χ0) is 24.1. The molecule has 2 aromatic rings. The molecular formula is C26H33N3O4S. The van der Waals surface area contributed by atoms with Gasteiger partial charge >= 0.3 is 0 Å². The molecule has 2 aliphatic heterocycles. The highest BCUT2D eigenvalue weighted by Crippen LogP contribution is 2.26. The van der Waals surface area contributed by atoms with E-state index in [-0.39, 0.29) is 28.5 Å². The molecule has 2 heterocycles. The Morgan fingerprint density at radius 2 is 1.56 bits per heavy atom. The number of carbonyl (C=O) groups is 2. The molecule has 0 saturated carbocycles. The maximum Gasteiger partial charge on any atom is 0.243 e. The Morgan fingerprint density at radius 1 is 0.941 bits per heavy atom. The molecule has 182 valence electrons. The van der Waals surface area contributed by atoms with E-state index < -0.39 is 10.0 Å². The fraction of sp³-hybridized carbons (Fsp3) is 0.462. The molecule has 2 saturated heterocycles. The number of nitrogens with zero attached hydrogens (tertiary/aromatic N) is 2. The fourth-order valence-corrected chi connectivity index (χ4v) is 6.37. The second-order valence-corrected chi connectivity index (χ2v) is 11.1. The number of piperidine rings is 1. The molecule has 2 aromatic carbocycles. The van der Waals surface area contributed by atoms with Crippen LogP contribution in [0.25, 0.3) is 0 Å². The van der Waals surface area contributed by atoms with Gasteiger partial charge in [0.1, 0.15) is 0 Å². The number of rotatable bonds is 8. The summed E-state index contributed by atoms with van der Waals surface area (Å²) in [5.74, 6) is -0.292. The Bertz CT molecular complexity index is 1090. The quantitative estimate of drug-likeness (QED) is 0.583. The normalized spacial score (nSPS) is 19.1. The second kappa shape index (κ2) is 10.8. The van der Waals surface area contributed by atoms with E-state index in [0.29, 0.717) is 38.0 Å². The molecule has 1 N–H and O–H groups in total. The first-order chi connectivity index (χ1) is 16.4. The molecule has 4 rings (SSSR count). The number of sulfonamides is 1. The SMILES string of the molecule is CC(=O)c1ccc(S(=O)(=O)N2CCC(C(=O)NCC(c3ccccc3)N3CCCC3)CC2)cc1. The van der Waals surface area contributed by atoms with Crippen molar-refractivity contribution >= 4 is 21.7 Å². The number of hydrogen-bond acceptors (Lipinski definition) is 5. The van der Waals surface area contributed by atoms with Crippen LogP contribution in [0, 0.1) is 5.92 Å². The summed E-state index contributed by atoms with van der Waals surface area (Å²) >= 11 is 0. The van der Waals surface area contributed by atoms with Gasteiger partial charge in [-0.3, -0.25) is 14.5 Å². The topological polar surface area (TPSA) is 86.8 Å². The van der Waals surface area contributed by atoms with E-state index in [1.807, 2.05) is 18.2 Å². The van der Waals surface area contributed by atoms with Crippen LogP contribution in [0.3, 0.4) is 0 Å². The van der Waals surface area contributed by atoms with Crippen molar-refractivity contribution in [2.75, 3.05) is 32.7 Å². The molecule has 0 aromatic heterocycles. The number of Topliss-reactive ketones (excluding diaryl/α,β-unsaturated/α-hetero) is 1. The van der Waals surface area contributed by atoms with E-state index in [2.05, 4.69) is 22.3 Å². The van der Waals surface area contributed by atoms with E-state index in [4.69, 9.17) is 0 Å². The Hall–Kier alpha value is -2.55. The highest BCUT2D eigenvalue weighted by atomic mass is 32.2. The van der Waals surface area contributed by atoms with Crippen LogP contribution in [0.15, 0.2) is 59.5 Å². The molecule has 0 spiro atoms. The summed E-state index contributed by atoms with van der Waals surface area (Å²) in [5, 5.41) is 3.15. The minimum Gasteiger partial charge on any atom is -0.354 e. The van der Waals surface area contributed by atoms with Crippen LogP contribution in [-0.2, 0) is 14.8 Å². The number of amides is 1. The van der Waals surface area contributed by atoms with Crippen LogP contribution in [0.1, 0.15) is 54.6 Å². The molecule has 2 fully saturated rings. The molecule has 1 unspecified atom stereocenters. The first-order valence-corrected chi connectivity index (χ1v) is 13.5. The molecule has 34 heavy (non-hydrogen) atoms. The van der Waals surface area contributed by atoms with Crippen LogP contribution in [0.5, 0.6) is 0 Å². The summed E-state index contributed by atoms with van der Waals surface area (Å²) in [6, 6.07) is 16.5. The van der Waals surface area contributed by atoms with Crippen LogP contribution >= 0.6 is 0 Å². The second-order valence-electron chi connectivity index (χ2n) is 9.17. The smallest absolute Gasteiger partial charge is 0.243 e. The van der Waals surface area contributed by atoms with Crippen molar-refractivity contribution in [3.8, 4) is 0 Å². The van der Waals surface area contributed by atoms with Gasteiger partial charge in [0, 0.05) is 31.1 Å². The standard InChI is InChI=1S/C26H33N3O4S/c1-20(30)21-9-11-24(12-10-21)34(32,33)29-17-13-23(14-18-29)26(31)27-19-25(28-15-5-6-16-28)22-7-3-2-4-8-22/h2-4,7-12,23,25H,5-6,13-19H2,1H3,(H,27,31). The lowest BCUT2D eigenvalue weighted by molar-refractivity contribution is -0.126. The van der Waals surface area contributed by atoms with Gasteiger partial charge in [-0.2, -0.15) is 4.31 Å². The van der Waals surface area contributed by atoms with E-state index >= 15 is 0 Å². The summed E-state index contributed by atoms with van der Waals surface area (Å²) in [6.45, 7) is 4.71. The van der Waals surface area contributed by atoms with Gasteiger partial charge in [-0.1, -0.05) is 42.5 Å². The van der Waals surface area contributed by atoms with Crippen LogP contribution in [0.2, 0.25) is 0 Å². The molecular weight excluding hydrogens is 450 g/mol. The Kier molecular flexibility index (Phi) is 7.80. The first-order valence-electron chi connectivity index (χ1n) is 12.0. The number of carbonyl (C=O) groups excluding carboxylic acids is 2. The van der Waals surface area contributed by atoms with E-state index in [1.54, 1.807) is 12.1 Å². The van der Waals surface area contributed by atoms with Crippen molar-refractivity contribution in [2.45, 2.75) is 43.5 Å². The molecule has 0 aliphatic carbocycles. The van der Waals surface area contributed by atoms with Crippen molar-refractivity contribution in [3.63, 3.8) is 0 Å². The first kappa shape index (κ1) is 24.6. The molecule has 7 nitrogen and oxygen atoms in total. The summed E-state index contributed by atoms with van der Waals surface area (Å²) in [4.78, 5) is 27.0. The Morgan fingerprint density at radius 3 is 2.15 bits per heavy atom. The van der Waals surface area contributed by atoms with E-state index in [9.17, 15) is 18.0 Å². The molecule has 0 radical (unpaired) electrons. The maximum absolute atomic E-state index is 13.0. The van der Waals surface area contributed by atoms with Crippen LogP contribution < -0.4 is 5.32 Å². The van der Waals surface area contributed by atoms with Gasteiger partial charge in [-0.25, -0.2) is 8.42 Å². The number of benzene rings is 2. The lowest BCUT2D eigenvalue weighted by Gasteiger charge is -2.32. The summed E-state index contributed by atoms with van der Waals surface area (Å²) in [7, 11) is -3.64. The van der Waals surface area contributed by atoms with Crippen LogP contribution in [-0.4, -0.2) is 62.0 Å². The van der Waals surface area contributed by atoms with E-state index in [1.165, 1.54) is 41.8 Å². The molecule has 8 heteroatoms.